The van der Waals surface area contributed by atoms with E-state index in [2.05, 4.69) is 15.3 Å². The van der Waals surface area contributed by atoms with Crippen LogP contribution in [0.2, 0.25) is 0 Å². The Balaban J connectivity index is 2.18. The zero-order valence-electron chi connectivity index (χ0n) is 11.1. The summed E-state index contributed by atoms with van der Waals surface area (Å²) in [4.78, 5) is 9.09. The second-order valence-corrected chi connectivity index (χ2v) is 4.45. The van der Waals surface area contributed by atoms with Gasteiger partial charge in [0.25, 0.3) is 0 Å². The maximum atomic E-state index is 13.0. The van der Waals surface area contributed by atoms with Crippen LogP contribution >= 0.6 is 0 Å². The zero-order valence-corrected chi connectivity index (χ0v) is 11.1. The molecule has 0 aliphatic carbocycles. The average Bonchev–Trinajstić information content (AvgIpc) is 2.48. The van der Waals surface area contributed by atoms with Crippen molar-refractivity contribution in [1.82, 2.24) is 9.97 Å². The topological polar surface area (TPSA) is 37.8 Å². The molecule has 0 aliphatic heterocycles. The largest absolute Gasteiger partial charge is 0.370 e. The Bertz CT molecular complexity index is 738. The Morgan fingerprint density at radius 3 is 2.50 bits per heavy atom. The highest BCUT2D eigenvalue weighted by molar-refractivity contribution is 5.90. The lowest BCUT2D eigenvalue weighted by Crippen LogP contribution is -2.02. The third-order valence-corrected chi connectivity index (χ3v) is 3.05. The van der Waals surface area contributed by atoms with Crippen molar-refractivity contribution < 1.29 is 4.39 Å². The number of halogens is 1. The van der Waals surface area contributed by atoms with Gasteiger partial charge in [0.05, 0.1) is 5.52 Å². The maximum absolute atomic E-state index is 13.0. The van der Waals surface area contributed by atoms with Crippen LogP contribution in [0, 0.1) is 5.82 Å². The quantitative estimate of drug-likeness (QED) is 0.782. The Kier molecular flexibility index (Phi) is 3.29. The summed E-state index contributed by atoms with van der Waals surface area (Å²) in [6.45, 7) is 2.80. The van der Waals surface area contributed by atoms with E-state index >= 15 is 0 Å². The Morgan fingerprint density at radius 1 is 1.00 bits per heavy atom. The minimum Gasteiger partial charge on any atom is -0.370 e. The number of anilines is 1. The molecule has 3 nitrogen and oxygen atoms in total. The standard InChI is InChI=1S/C16H14FN3/c1-2-18-16-13-5-3-4-6-14(13)19-15(20-16)11-7-9-12(17)10-8-11/h3-10H,2H2,1H3,(H,18,19,20). The number of aromatic nitrogens is 2. The fraction of sp³-hybridized carbons (Fsp3) is 0.125. The first-order chi connectivity index (χ1) is 9.78. The highest BCUT2D eigenvalue weighted by Crippen LogP contribution is 2.24. The Hall–Kier alpha value is -2.49. The number of para-hydroxylation sites is 1. The SMILES string of the molecule is CCNc1nc(-c2ccc(F)cc2)nc2ccccc12. The van der Waals surface area contributed by atoms with Crippen LogP contribution in [0.5, 0.6) is 0 Å². The van der Waals surface area contributed by atoms with Gasteiger partial charge in [-0.2, -0.15) is 0 Å². The fourth-order valence-electron chi connectivity index (χ4n) is 2.11. The molecule has 0 saturated heterocycles. The summed E-state index contributed by atoms with van der Waals surface area (Å²) in [6, 6.07) is 14.1. The van der Waals surface area contributed by atoms with Gasteiger partial charge in [-0.3, -0.25) is 0 Å². The van der Waals surface area contributed by atoms with Crippen LogP contribution in [-0.2, 0) is 0 Å². The molecule has 1 heterocycles. The van der Waals surface area contributed by atoms with E-state index in [0.29, 0.717) is 5.82 Å². The van der Waals surface area contributed by atoms with Crippen molar-refractivity contribution in [3.63, 3.8) is 0 Å². The number of fused-ring (bicyclic) bond motifs is 1. The lowest BCUT2D eigenvalue weighted by molar-refractivity contribution is 0.628. The van der Waals surface area contributed by atoms with Crippen molar-refractivity contribution in [3.05, 3.63) is 54.3 Å². The molecule has 0 saturated carbocycles. The number of rotatable bonds is 3. The van der Waals surface area contributed by atoms with Crippen LogP contribution in [0.1, 0.15) is 6.92 Å². The molecule has 0 amide bonds. The van der Waals surface area contributed by atoms with E-state index in [4.69, 9.17) is 0 Å². The van der Waals surface area contributed by atoms with E-state index in [1.165, 1.54) is 12.1 Å². The van der Waals surface area contributed by atoms with E-state index in [9.17, 15) is 4.39 Å². The summed E-state index contributed by atoms with van der Waals surface area (Å²) in [6.07, 6.45) is 0. The van der Waals surface area contributed by atoms with Gasteiger partial charge in [-0.1, -0.05) is 12.1 Å². The normalized spacial score (nSPS) is 10.7. The number of nitrogens with one attached hydrogen (secondary N) is 1. The highest BCUT2D eigenvalue weighted by atomic mass is 19.1. The number of hydrogen-bond donors (Lipinski definition) is 1. The Morgan fingerprint density at radius 2 is 1.75 bits per heavy atom. The van der Waals surface area contributed by atoms with Gasteiger partial charge in [0.2, 0.25) is 0 Å². The predicted octanol–water partition coefficient (Wildman–Crippen LogP) is 3.87. The molecule has 0 spiro atoms. The van der Waals surface area contributed by atoms with Crippen molar-refractivity contribution in [3.8, 4) is 11.4 Å². The van der Waals surface area contributed by atoms with E-state index in [0.717, 1.165) is 28.8 Å². The van der Waals surface area contributed by atoms with Crippen LogP contribution in [-0.4, -0.2) is 16.5 Å². The molecule has 100 valence electrons. The van der Waals surface area contributed by atoms with Crippen LogP contribution in [0.15, 0.2) is 48.5 Å². The summed E-state index contributed by atoms with van der Waals surface area (Å²) < 4.78 is 13.0. The number of nitrogens with zero attached hydrogens (tertiary/aromatic N) is 2. The van der Waals surface area contributed by atoms with E-state index < -0.39 is 0 Å². The molecular formula is C16H14FN3. The molecule has 4 heteroatoms. The van der Waals surface area contributed by atoms with Crippen LogP contribution in [0.25, 0.3) is 22.3 Å². The van der Waals surface area contributed by atoms with Crippen LogP contribution in [0.3, 0.4) is 0 Å². The second kappa shape index (κ2) is 5.25. The minimum absolute atomic E-state index is 0.263. The molecule has 0 atom stereocenters. The lowest BCUT2D eigenvalue weighted by atomic mass is 10.2. The lowest BCUT2D eigenvalue weighted by Gasteiger charge is -2.09. The molecule has 2 aromatic carbocycles. The molecule has 0 radical (unpaired) electrons. The summed E-state index contributed by atoms with van der Waals surface area (Å²) in [5.41, 5.74) is 1.68. The highest BCUT2D eigenvalue weighted by Gasteiger charge is 2.08. The van der Waals surface area contributed by atoms with Crippen molar-refractivity contribution >= 4 is 16.7 Å². The van der Waals surface area contributed by atoms with Gasteiger partial charge < -0.3 is 5.32 Å². The summed E-state index contributed by atoms with van der Waals surface area (Å²) in [5, 5.41) is 4.23. The number of benzene rings is 2. The molecule has 3 aromatic rings. The summed E-state index contributed by atoms with van der Waals surface area (Å²) in [5.74, 6) is 1.14. The van der Waals surface area contributed by atoms with Crippen molar-refractivity contribution in [1.29, 1.82) is 0 Å². The molecule has 1 aromatic heterocycles. The molecular weight excluding hydrogens is 253 g/mol. The van der Waals surface area contributed by atoms with Gasteiger partial charge in [-0.25, -0.2) is 14.4 Å². The Labute approximate surface area is 116 Å². The average molecular weight is 267 g/mol. The fourth-order valence-corrected chi connectivity index (χ4v) is 2.11. The molecule has 20 heavy (non-hydrogen) atoms. The second-order valence-electron chi connectivity index (χ2n) is 4.45. The first-order valence-electron chi connectivity index (χ1n) is 6.54. The molecule has 0 aliphatic rings. The third kappa shape index (κ3) is 2.32. The molecule has 1 N–H and O–H groups in total. The van der Waals surface area contributed by atoms with Crippen molar-refractivity contribution in [2.75, 3.05) is 11.9 Å². The first kappa shape index (κ1) is 12.5. The van der Waals surface area contributed by atoms with Gasteiger partial charge in [-0.05, 0) is 43.3 Å². The van der Waals surface area contributed by atoms with Gasteiger partial charge in [0.15, 0.2) is 5.82 Å². The molecule has 0 bridgehead atoms. The smallest absolute Gasteiger partial charge is 0.162 e. The maximum Gasteiger partial charge on any atom is 0.162 e. The number of hydrogen-bond acceptors (Lipinski definition) is 3. The first-order valence-corrected chi connectivity index (χ1v) is 6.54. The molecule has 0 fully saturated rings. The molecule has 0 unspecified atom stereocenters. The zero-order chi connectivity index (χ0) is 13.9. The van der Waals surface area contributed by atoms with Crippen LogP contribution in [0.4, 0.5) is 10.2 Å². The monoisotopic (exact) mass is 267 g/mol. The predicted molar refractivity (Wildman–Crippen MR) is 79.1 cm³/mol. The van der Waals surface area contributed by atoms with E-state index in [-0.39, 0.29) is 5.82 Å². The van der Waals surface area contributed by atoms with Gasteiger partial charge in [-0.15, -0.1) is 0 Å². The van der Waals surface area contributed by atoms with Gasteiger partial charge in [0, 0.05) is 17.5 Å². The third-order valence-electron chi connectivity index (χ3n) is 3.05. The van der Waals surface area contributed by atoms with Gasteiger partial charge in [0.1, 0.15) is 11.6 Å². The summed E-state index contributed by atoms with van der Waals surface area (Å²) >= 11 is 0. The molecule has 3 rings (SSSR count). The minimum atomic E-state index is -0.263. The summed E-state index contributed by atoms with van der Waals surface area (Å²) in [7, 11) is 0. The van der Waals surface area contributed by atoms with Crippen molar-refractivity contribution in [2.24, 2.45) is 0 Å². The van der Waals surface area contributed by atoms with Gasteiger partial charge >= 0.3 is 0 Å². The van der Waals surface area contributed by atoms with E-state index in [1.54, 1.807) is 12.1 Å². The van der Waals surface area contributed by atoms with E-state index in [1.807, 2.05) is 31.2 Å². The van der Waals surface area contributed by atoms with Crippen LogP contribution < -0.4 is 5.32 Å². The van der Waals surface area contributed by atoms with Crippen molar-refractivity contribution in [2.45, 2.75) is 6.92 Å².